The van der Waals surface area contributed by atoms with Crippen molar-refractivity contribution in [3.63, 3.8) is 0 Å². The van der Waals surface area contributed by atoms with Gasteiger partial charge in [-0.3, -0.25) is 14.4 Å². The molecule has 2 atom stereocenters. The average molecular weight is 562 g/mol. The molecule has 2 aliphatic heterocycles. The van der Waals surface area contributed by atoms with E-state index in [1.165, 1.54) is 6.20 Å². The maximum Gasteiger partial charge on any atom is 0.255 e. The predicted molar refractivity (Wildman–Crippen MR) is 152 cm³/mol. The first-order valence-electron chi connectivity index (χ1n) is 13.4. The third-order valence-corrected chi connectivity index (χ3v) is 7.81. The van der Waals surface area contributed by atoms with Crippen LogP contribution in [0.15, 0.2) is 66.9 Å². The van der Waals surface area contributed by atoms with E-state index in [1.54, 1.807) is 28.0 Å². The fourth-order valence-electron chi connectivity index (χ4n) is 5.28. The molecule has 9 nitrogen and oxygen atoms in total. The van der Waals surface area contributed by atoms with E-state index in [4.69, 9.17) is 22.1 Å². The number of halogens is 1. The lowest BCUT2D eigenvalue weighted by molar-refractivity contribution is -0.130. The molecule has 3 N–H and O–H groups in total. The van der Waals surface area contributed by atoms with Gasteiger partial charge >= 0.3 is 0 Å². The molecule has 0 spiro atoms. The Bertz CT molecular complexity index is 1380. The van der Waals surface area contributed by atoms with E-state index in [9.17, 15) is 14.4 Å². The number of nitrogens with zero attached hydrogens (tertiary/aromatic N) is 3. The van der Waals surface area contributed by atoms with Crippen LogP contribution in [0.3, 0.4) is 0 Å². The summed E-state index contributed by atoms with van der Waals surface area (Å²) in [5, 5.41) is 3.57. The lowest BCUT2D eigenvalue weighted by atomic mass is 9.88. The summed E-state index contributed by atoms with van der Waals surface area (Å²) in [6.45, 7) is 2.20. The molecule has 2 aliphatic rings. The van der Waals surface area contributed by atoms with E-state index in [2.05, 4.69) is 10.3 Å². The summed E-state index contributed by atoms with van der Waals surface area (Å²) >= 11 is 6.30. The molecule has 0 aliphatic carbocycles. The van der Waals surface area contributed by atoms with Crippen molar-refractivity contribution in [1.29, 1.82) is 0 Å². The Kier molecular flexibility index (Phi) is 8.50. The average Bonchev–Trinajstić information content (AvgIpc) is 3.41. The minimum Gasteiger partial charge on any atom is -0.494 e. The quantitative estimate of drug-likeness (QED) is 0.507. The molecule has 3 aromatic rings. The molecule has 10 heteroatoms. The van der Waals surface area contributed by atoms with Crippen LogP contribution in [0.25, 0.3) is 0 Å². The van der Waals surface area contributed by atoms with Gasteiger partial charge in [0.25, 0.3) is 5.91 Å². The Morgan fingerprint density at radius 3 is 2.65 bits per heavy atom. The third kappa shape index (κ3) is 6.37. The van der Waals surface area contributed by atoms with Gasteiger partial charge in [0.15, 0.2) is 0 Å². The minimum absolute atomic E-state index is 0.0763. The number of aromatic nitrogens is 1. The van der Waals surface area contributed by atoms with Crippen LogP contribution in [0.1, 0.15) is 33.8 Å². The highest BCUT2D eigenvalue weighted by Crippen LogP contribution is 2.35. The summed E-state index contributed by atoms with van der Waals surface area (Å²) in [4.78, 5) is 47.4. The van der Waals surface area contributed by atoms with Crippen LogP contribution < -0.4 is 15.8 Å². The summed E-state index contributed by atoms with van der Waals surface area (Å²) in [6, 6.07) is 18.2. The summed E-state index contributed by atoms with van der Waals surface area (Å²) in [7, 11) is 0. The van der Waals surface area contributed by atoms with Crippen molar-refractivity contribution in [3.05, 3.63) is 88.6 Å². The SMILES string of the molecule is Nc1ccc(C(=O)N2CCCOc3cccc(c3)[C@H]3CN(C(=O)Cc4ccccc4Cl)C[C@@H]3C(=O)NCC2)cn1. The smallest absolute Gasteiger partial charge is 0.255 e. The molecule has 1 fully saturated rings. The highest BCUT2D eigenvalue weighted by Gasteiger charge is 2.40. The number of carbonyl (C=O) groups is 3. The van der Waals surface area contributed by atoms with Gasteiger partial charge < -0.3 is 25.6 Å². The fraction of sp³-hybridized carbons (Fsp3) is 0.333. The summed E-state index contributed by atoms with van der Waals surface area (Å²) < 4.78 is 6.02. The maximum absolute atomic E-state index is 13.5. The molecule has 3 amide bonds. The molecule has 5 rings (SSSR count). The van der Waals surface area contributed by atoms with Gasteiger partial charge in [-0.25, -0.2) is 4.98 Å². The summed E-state index contributed by atoms with van der Waals surface area (Å²) in [5.74, 6) is -0.0262. The summed E-state index contributed by atoms with van der Waals surface area (Å²) in [5.41, 5.74) is 7.82. The largest absolute Gasteiger partial charge is 0.494 e. The van der Waals surface area contributed by atoms with Gasteiger partial charge in [0, 0.05) is 49.9 Å². The summed E-state index contributed by atoms with van der Waals surface area (Å²) in [6.07, 6.45) is 2.24. The molecule has 0 unspecified atom stereocenters. The number of hydrogen-bond acceptors (Lipinski definition) is 6. The normalized spacial score (nSPS) is 19.7. The molecule has 208 valence electrons. The number of carbonyl (C=O) groups excluding carboxylic acids is 3. The Morgan fingerprint density at radius 2 is 1.85 bits per heavy atom. The van der Waals surface area contributed by atoms with Crippen LogP contribution >= 0.6 is 11.6 Å². The topological polar surface area (TPSA) is 118 Å². The Hall–Kier alpha value is -4.11. The van der Waals surface area contributed by atoms with Gasteiger partial charge in [-0.05, 0) is 47.9 Å². The third-order valence-electron chi connectivity index (χ3n) is 7.44. The molecule has 1 aromatic heterocycles. The van der Waals surface area contributed by atoms with Gasteiger partial charge in [-0.15, -0.1) is 0 Å². The number of nitrogens with two attached hydrogens (primary N) is 1. The molecule has 40 heavy (non-hydrogen) atoms. The van der Waals surface area contributed by atoms with Crippen molar-refractivity contribution in [2.45, 2.75) is 18.8 Å². The molecule has 2 aromatic carbocycles. The lowest BCUT2D eigenvalue weighted by Gasteiger charge is -2.25. The van der Waals surface area contributed by atoms with E-state index >= 15 is 0 Å². The van der Waals surface area contributed by atoms with Gasteiger partial charge in [0.05, 0.1) is 24.5 Å². The van der Waals surface area contributed by atoms with Crippen molar-refractivity contribution < 1.29 is 19.1 Å². The second-order valence-corrected chi connectivity index (χ2v) is 10.5. The highest BCUT2D eigenvalue weighted by molar-refractivity contribution is 6.31. The molecule has 0 radical (unpaired) electrons. The van der Waals surface area contributed by atoms with Crippen molar-refractivity contribution in [2.75, 3.05) is 45.1 Å². The second-order valence-electron chi connectivity index (χ2n) is 10.1. The van der Waals surface area contributed by atoms with E-state index in [0.717, 1.165) is 11.1 Å². The highest BCUT2D eigenvalue weighted by atomic mass is 35.5. The zero-order valence-electron chi connectivity index (χ0n) is 22.1. The van der Waals surface area contributed by atoms with Crippen molar-refractivity contribution >= 4 is 35.1 Å². The molecular weight excluding hydrogens is 530 g/mol. The van der Waals surface area contributed by atoms with E-state index in [-0.39, 0.29) is 36.6 Å². The van der Waals surface area contributed by atoms with E-state index in [0.29, 0.717) is 61.4 Å². The van der Waals surface area contributed by atoms with Crippen LogP contribution in [-0.4, -0.2) is 71.8 Å². The molecule has 1 saturated heterocycles. The second kappa shape index (κ2) is 12.4. The number of amides is 3. The van der Waals surface area contributed by atoms with Crippen molar-refractivity contribution in [2.24, 2.45) is 5.92 Å². The van der Waals surface area contributed by atoms with E-state index < -0.39 is 5.92 Å². The molecule has 3 heterocycles. The standard InChI is InChI=1S/C30H32ClN5O4/c31-26-8-2-1-5-21(26)16-28(37)36-18-24-20-6-3-7-23(15-20)40-14-4-12-35(13-11-33-29(38)25(24)19-36)30(39)22-9-10-27(32)34-17-22/h1-3,5-10,15,17,24-25H,4,11-14,16,18-19H2,(H2,32,34)(H,33,38)/t24-,25+/m1/s1. The lowest BCUT2D eigenvalue weighted by Crippen LogP contribution is -2.42. The van der Waals surface area contributed by atoms with Gasteiger partial charge in [0.1, 0.15) is 11.6 Å². The molecule has 2 bridgehead atoms. The van der Waals surface area contributed by atoms with Gasteiger partial charge in [-0.1, -0.05) is 41.9 Å². The number of fused-ring (bicyclic) bond motifs is 4. The first-order chi connectivity index (χ1) is 19.4. The molecular formula is C30H32ClN5O4. The Morgan fingerprint density at radius 1 is 1.02 bits per heavy atom. The number of ether oxygens (including phenoxy) is 1. The fourth-order valence-corrected chi connectivity index (χ4v) is 5.48. The van der Waals surface area contributed by atoms with Crippen molar-refractivity contribution in [3.8, 4) is 5.75 Å². The number of likely N-dealkylation sites (tertiary alicyclic amines) is 1. The van der Waals surface area contributed by atoms with Crippen LogP contribution in [0, 0.1) is 5.92 Å². The monoisotopic (exact) mass is 561 g/mol. The number of hydrogen-bond donors (Lipinski definition) is 2. The minimum atomic E-state index is -0.446. The van der Waals surface area contributed by atoms with Gasteiger partial charge in [0.2, 0.25) is 11.8 Å². The first kappa shape index (κ1) is 27.5. The molecule has 0 saturated carbocycles. The number of rotatable bonds is 3. The number of anilines is 1. The number of nitrogen functional groups attached to an aromatic ring is 1. The van der Waals surface area contributed by atoms with Crippen molar-refractivity contribution in [1.82, 2.24) is 20.1 Å². The number of nitrogens with one attached hydrogen (secondary N) is 1. The number of benzene rings is 2. The van der Waals surface area contributed by atoms with Crippen LogP contribution in [0.2, 0.25) is 5.02 Å². The first-order valence-corrected chi connectivity index (χ1v) is 13.8. The maximum atomic E-state index is 13.5. The van der Waals surface area contributed by atoms with Crippen LogP contribution in [-0.2, 0) is 16.0 Å². The van der Waals surface area contributed by atoms with Crippen LogP contribution in [0.4, 0.5) is 5.82 Å². The zero-order chi connectivity index (χ0) is 28.1. The zero-order valence-corrected chi connectivity index (χ0v) is 22.8. The van der Waals surface area contributed by atoms with E-state index in [1.807, 2.05) is 42.5 Å². The van der Waals surface area contributed by atoms with Crippen LogP contribution in [0.5, 0.6) is 5.75 Å². The van der Waals surface area contributed by atoms with Gasteiger partial charge in [-0.2, -0.15) is 0 Å². The Labute approximate surface area is 238 Å². The Balaban J connectivity index is 1.34. The number of pyridine rings is 1. The predicted octanol–water partition coefficient (Wildman–Crippen LogP) is 3.14.